The van der Waals surface area contributed by atoms with E-state index in [1.54, 1.807) is 6.92 Å². The van der Waals surface area contributed by atoms with Gasteiger partial charge in [-0.3, -0.25) is 4.79 Å². The molecule has 2 rings (SSSR count). The molecule has 0 unspecified atom stereocenters. The van der Waals surface area contributed by atoms with E-state index in [0.717, 1.165) is 0 Å². The topological polar surface area (TPSA) is 67.8 Å². The lowest BCUT2D eigenvalue weighted by Gasteiger charge is -2.07. The van der Waals surface area contributed by atoms with Gasteiger partial charge in [0.2, 0.25) is 0 Å². The van der Waals surface area contributed by atoms with Crippen molar-refractivity contribution in [2.24, 2.45) is 0 Å². The quantitative estimate of drug-likeness (QED) is 0.922. The molecule has 0 aliphatic heterocycles. The van der Waals surface area contributed by atoms with Gasteiger partial charge in [0.25, 0.3) is 5.91 Å². The summed E-state index contributed by atoms with van der Waals surface area (Å²) in [6.45, 7) is 1.70. The number of pyridine rings is 1. The second kappa shape index (κ2) is 5.69. The molecule has 0 aliphatic carbocycles. The molecule has 0 radical (unpaired) electrons. The van der Waals surface area contributed by atoms with Crippen molar-refractivity contribution in [3.8, 4) is 0 Å². The number of aryl methyl sites for hydroxylation is 1. The molecule has 5 nitrogen and oxygen atoms in total. The highest BCUT2D eigenvalue weighted by Crippen LogP contribution is 2.25. The molecule has 2 aromatic heterocycles. The summed E-state index contributed by atoms with van der Waals surface area (Å²) >= 11 is 17.4. The lowest BCUT2D eigenvalue weighted by molar-refractivity contribution is 0.102. The van der Waals surface area contributed by atoms with Crippen LogP contribution in [-0.4, -0.2) is 21.1 Å². The smallest absolute Gasteiger partial charge is 0.277 e. The summed E-state index contributed by atoms with van der Waals surface area (Å²) in [5.41, 5.74) is 0.665. The number of hydrogen-bond donors (Lipinski definition) is 1. The van der Waals surface area contributed by atoms with Crippen molar-refractivity contribution in [2.45, 2.75) is 6.92 Å². The highest BCUT2D eigenvalue weighted by atomic mass is 35.5. The van der Waals surface area contributed by atoms with Crippen LogP contribution in [0.5, 0.6) is 0 Å². The van der Waals surface area contributed by atoms with Crippen LogP contribution in [0.15, 0.2) is 18.2 Å². The van der Waals surface area contributed by atoms with E-state index in [1.807, 2.05) is 0 Å². The average Bonchev–Trinajstić information content (AvgIpc) is 2.36. The maximum Gasteiger partial charge on any atom is 0.277 e. The second-order valence-electron chi connectivity index (χ2n) is 3.58. The first-order chi connectivity index (χ1) is 8.97. The van der Waals surface area contributed by atoms with Crippen LogP contribution in [0.3, 0.4) is 0 Å². The molecule has 1 amide bonds. The first-order valence-electron chi connectivity index (χ1n) is 5.10. The molecule has 0 aliphatic rings. The minimum absolute atomic E-state index is 0.106. The molecule has 1 N–H and O–H groups in total. The molecule has 0 atom stereocenters. The molecule has 8 heteroatoms. The number of carbonyl (C=O) groups excluding carboxylic acids is 1. The molecule has 0 spiro atoms. The van der Waals surface area contributed by atoms with Crippen molar-refractivity contribution in [3.05, 3.63) is 44.8 Å². The van der Waals surface area contributed by atoms with Crippen molar-refractivity contribution in [1.82, 2.24) is 15.2 Å². The monoisotopic (exact) mass is 316 g/mol. The van der Waals surface area contributed by atoms with E-state index < -0.39 is 5.91 Å². The van der Waals surface area contributed by atoms with Gasteiger partial charge in [0.15, 0.2) is 16.7 Å². The predicted molar refractivity (Wildman–Crippen MR) is 74.0 cm³/mol. The zero-order chi connectivity index (χ0) is 14.0. The Morgan fingerprint density at radius 1 is 1.16 bits per heavy atom. The van der Waals surface area contributed by atoms with Gasteiger partial charge in [0.05, 0.1) is 15.7 Å². The van der Waals surface area contributed by atoms with Crippen LogP contribution in [0.4, 0.5) is 5.82 Å². The third-order valence-electron chi connectivity index (χ3n) is 2.20. The van der Waals surface area contributed by atoms with Gasteiger partial charge in [-0.2, -0.15) is 0 Å². The van der Waals surface area contributed by atoms with Crippen molar-refractivity contribution < 1.29 is 4.79 Å². The fraction of sp³-hybridized carbons (Fsp3) is 0.0909. The molecule has 0 bridgehead atoms. The van der Waals surface area contributed by atoms with Crippen molar-refractivity contribution in [1.29, 1.82) is 0 Å². The lowest BCUT2D eigenvalue weighted by atomic mass is 10.3. The first kappa shape index (κ1) is 14.0. The van der Waals surface area contributed by atoms with E-state index in [-0.39, 0.29) is 21.7 Å². The number of amides is 1. The van der Waals surface area contributed by atoms with Crippen molar-refractivity contribution in [3.63, 3.8) is 0 Å². The van der Waals surface area contributed by atoms with Gasteiger partial charge in [-0.25, -0.2) is 4.98 Å². The zero-order valence-corrected chi connectivity index (χ0v) is 11.9. The minimum Gasteiger partial charge on any atom is -0.304 e. The Balaban J connectivity index is 2.24. The third-order valence-corrected chi connectivity index (χ3v) is 3.07. The predicted octanol–water partition coefficient (Wildman–Crippen LogP) is 3.39. The third kappa shape index (κ3) is 3.32. The van der Waals surface area contributed by atoms with Crippen molar-refractivity contribution in [2.75, 3.05) is 5.32 Å². The molecule has 19 heavy (non-hydrogen) atoms. The Bertz CT molecular complexity index is 631. The fourth-order valence-electron chi connectivity index (χ4n) is 1.25. The Kier molecular flexibility index (Phi) is 4.19. The fourth-order valence-corrected chi connectivity index (χ4v) is 1.76. The van der Waals surface area contributed by atoms with Gasteiger partial charge in [0, 0.05) is 0 Å². The number of halogens is 3. The molecule has 0 aromatic carbocycles. The van der Waals surface area contributed by atoms with E-state index in [2.05, 4.69) is 20.5 Å². The van der Waals surface area contributed by atoms with Gasteiger partial charge >= 0.3 is 0 Å². The van der Waals surface area contributed by atoms with Gasteiger partial charge < -0.3 is 5.32 Å². The van der Waals surface area contributed by atoms with Crippen LogP contribution in [0.2, 0.25) is 15.2 Å². The Morgan fingerprint density at radius 2 is 1.89 bits per heavy atom. The number of aromatic nitrogens is 3. The van der Waals surface area contributed by atoms with Gasteiger partial charge in [-0.1, -0.05) is 34.8 Å². The van der Waals surface area contributed by atoms with E-state index in [4.69, 9.17) is 34.8 Å². The summed E-state index contributed by atoms with van der Waals surface area (Å²) in [4.78, 5) is 16.0. The van der Waals surface area contributed by atoms with E-state index >= 15 is 0 Å². The minimum atomic E-state index is -0.486. The van der Waals surface area contributed by atoms with Crippen LogP contribution in [0.25, 0.3) is 0 Å². The first-order valence-corrected chi connectivity index (χ1v) is 6.24. The molecule has 0 saturated heterocycles. The molecular weight excluding hydrogens is 311 g/mol. The summed E-state index contributed by atoms with van der Waals surface area (Å²) in [7, 11) is 0. The van der Waals surface area contributed by atoms with E-state index in [0.29, 0.717) is 10.7 Å². The normalized spacial score (nSPS) is 10.3. The van der Waals surface area contributed by atoms with Crippen LogP contribution in [-0.2, 0) is 0 Å². The van der Waals surface area contributed by atoms with Crippen LogP contribution < -0.4 is 5.32 Å². The summed E-state index contributed by atoms with van der Waals surface area (Å²) < 4.78 is 0. The number of rotatable bonds is 2. The molecule has 0 saturated carbocycles. The summed E-state index contributed by atoms with van der Waals surface area (Å²) in [5.74, 6) is -0.273. The molecule has 0 fully saturated rings. The highest BCUT2D eigenvalue weighted by Gasteiger charge is 2.13. The van der Waals surface area contributed by atoms with Crippen LogP contribution in [0.1, 0.15) is 16.2 Å². The lowest BCUT2D eigenvalue weighted by Crippen LogP contribution is -2.15. The number of anilines is 1. The number of carbonyl (C=O) groups is 1. The SMILES string of the molecule is Cc1nc(NC(=O)c2ccc(Cl)nn2)c(Cl)cc1Cl. The standard InChI is InChI=1S/C11H7Cl3N4O/c1-5-6(12)4-7(13)10(15-5)16-11(19)8-2-3-9(14)18-17-8/h2-4H,1H3,(H,15,16,19). The molecule has 2 heterocycles. The van der Waals surface area contributed by atoms with Gasteiger partial charge in [-0.05, 0) is 25.1 Å². The molecule has 98 valence electrons. The Morgan fingerprint density at radius 3 is 2.53 bits per heavy atom. The van der Waals surface area contributed by atoms with Crippen LogP contribution >= 0.6 is 34.8 Å². The number of nitrogens with one attached hydrogen (secondary N) is 1. The Labute approximate surface area is 123 Å². The van der Waals surface area contributed by atoms with E-state index in [1.165, 1.54) is 18.2 Å². The maximum atomic E-state index is 11.9. The average molecular weight is 318 g/mol. The Hall–Kier alpha value is -1.43. The maximum absolute atomic E-state index is 11.9. The summed E-state index contributed by atoms with van der Waals surface area (Å²) in [6, 6.07) is 4.42. The highest BCUT2D eigenvalue weighted by molar-refractivity contribution is 6.36. The second-order valence-corrected chi connectivity index (χ2v) is 4.78. The van der Waals surface area contributed by atoms with E-state index in [9.17, 15) is 4.79 Å². The van der Waals surface area contributed by atoms with Crippen LogP contribution in [0, 0.1) is 6.92 Å². The number of nitrogens with zero attached hydrogens (tertiary/aromatic N) is 3. The molecule has 2 aromatic rings. The largest absolute Gasteiger partial charge is 0.304 e. The van der Waals surface area contributed by atoms with Gasteiger partial charge in [-0.15, -0.1) is 10.2 Å². The van der Waals surface area contributed by atoms with Crippen molar-refractivity contribution >= 4 is 46.5 Å². The zero-order valence-electron chi connectivity index (χ0n) is 9.62. The summed E-state index contributed by atoms with van der Waals surface area (Å²) in [6.07, 6.45) is 0. The number of hydrogen-bond acceptors (Lipinski definition) is 4. The molecular formula is C11H7Cl3N4O. The van der Waals surface area contributed by atoms with Gasteiger partial charge in [0.1, 0.15) is 0 Å². The summed E-state index contributed by atoms with van der Waals surface area (Å²) in [5, 5.41) is 10.6.